The van der Waals surface area contributed by atoms with E-state index < -0.39 is 6.10 Å². The van der Waals surface area contributed by atoms with E-state index in [9.17, 15) is 9.59 Å². The first kappa shape index (κ1) is 14.3. The van der Waals surface area contributed by atoms with Crippen LogP contribution in [0, 0.1) is 0 Å². The summed E-state index contributed by atoms with van der Waals surface area (Å²) in [6.07, 6.45) is 2.70. The summed E-state index contributed by atoms with van der Waals surface area (Å²) < 4.78 is 10.4. The van der Waals surface area contributed by atoms with E-state index in [0.717, 1.165) is 12.8 Å². The van der Waals surface area contributed by atoms with Crippen molar-refractivity contribution >= 4 is 23.4 Å². The number of anilines is 2. The molecule has 22 heavy (non-hydrogen) atoms. The molecule has 1 aliphatic rings. The summed E-state index contributed by atoms with van der Waals surface area (Å²) >= 11 is 0. The Balaban J connectivity index is 1.66. The van der Waals surface area contributed by atoms with Crippen molar-refractivity contribution in [2.45, 2.75) is 18.9 Å². The van der Waals surface area contributed by atoms with Gasteiger partial charge in [0.25, 0.3) is 11.8 Å². The maximum atomic E-state index is 12.1. The summed E-state index contributed by atoms with van der Waals surface area (Å²) in [4.78, 5) is 24.1. The van der Waals surface area contributed by atoms with Crippen molar-refractivity contribution in [3.8, 4) is 0 Å². The van der Waals surface area contributed by atoms with Gasteiger partial charge in [0.05, 0.1) is 6.26 Å². The molecule has 0 radical (unpaired) electrons. The van der Waals surface area contributed by atoms with Crippen LogP contribution in [0.2, 0.25) is 0 Å². The fourth-order valence-corrected chi connectivity index (χ4v) is 2.28. The molecule has 1 atom stereocenters. The number of hydrogen-bond acceptors (Lipinski definition) is 4. The summed E-state index contributed by atoms with van der Waals surface area (Å²) in [7, 11) is 0. The molecule has 1 fully saturated rings. The quantitative estimate of drug-likeness (QED) is 0.909. The highest BCUT2D eigenvalue weighted by atomic mass is 16.5. The van der Waals surface area contributed by atoms with E-state index >= 15 is 0 Å². The molecule has 114 valence electrons. The van der Waals surface area contributed by atoms with Gasteiger partial charge in [0, 0.05) is 23.9 Å². The molecule has 0 spiro atoms. The monoisotopic (exact) mass is 300 g/mol. The second-order valence-electron chi connectivity index (χ2n) is 5.00. The standard InChI is InChI=1S/C16H16N2O4/c19-15(18-14-7-3-9-22-14)11-4-1-5-12(10-11)17-16(20)13-6-2-8-21-13/h1,3-5,7,9-10,13H,2,6,8H2,(H,17,20)(H,18,19). The van der Waals surface area contributed by atoms with Crippen LogP contribution in [-0.4, -0.2) is 24.5 Å². The van der Waals surface area contributed by atoms with Crippen LogP contribution in [0.15, 0.2) is 47.1 Å². The van der Waals surface area contributed by atoms with Crippen molar-refractivity contribution in [2.75, 3.05) is 17.2 Å². The Bertz CT molecular complexity index is 661. The molecule has 0 saturated carbocycles. The molecule has 2 heterocycles. The normalized spacial score (nSPS) is 17.2. The fourth-order valence-electron chi connectivity index (χ4n) is 2.28. The molecule has 0 aliphatic carbocycles. The average molecular weight is 300 g/mol. The van der Waals surface area contributed by atoms with Crippen molar-refractivity contribution in [3.63, 3.8) is 0 Å². The number of benzene rings is 1. The summed E-state index contributed by atoms with van der Waals surface area (Å²) in [5.74, 6) is -0.108. The molecule has 2 aromatic rings. The van der Waals surface area contributed by atoms with E-state index in [0.29, 0.717) is 23.7 Å². The highest BCUT2D eigenvalue weighted by Gasteiger charge is 2.23. The highest BCUT2D eigenvalue weighted by molar-refractivity contribution is 6.04. The molecule has 2 amide bonds. The van der Waals surface area contributed by atoms with E-state index in [4.69, 9.17) is 9.15 Å². The Labute approximate surface area is 127 Å². The van der Waals surface area contributed by atoms with Gasteiger partial charge in [-0.15, -0.1) is 0 Å². The largest absolute Gasteiger partial charge is 0.449 e. The van der Waals surface area contributed by atoms with E-state index in [-0.39, 0.29) is 11.8 Å². The first-order valence-corrected chi connectivity index (χ1v) is 7.10. The summed E-state index contributed by atoms with van der Waals surface area (Å²) in [5.41, 5.74) is 0.995. The lowest BCUT2D eigenvalue weighted by atomic mass is 10.1. The zero-order chi connectivity index (χ0) is 15.4. The third-order valence-corrected chi connectivity index (χ3v) is 3.37. The SMILES string of the molecule is O=C(Nc1ccco1)c1cccc(NC(=O)C2CCCO2)c1. The number of furan rings is 1. The third-order valence-electron chi connectivity index (χ3n) is 3.37. The number of carbonyl (C=O) groups excluding carboxylic acids is 2. The Morgan fingerprint density at radius 3 is 2.77 bits per heavy atom. The van der Waals surface area contributed by atoms with E-state index in [1.165, 1.54) is 6.26 Å². The molecular formula is C16H16N2O4. The molecule has 3 rings (SSSR count). The lowest BCUT2D eigenvalue weighted by Crippen LogP contribution is -2.27. The number of rotatable bonds is 4. The maximum absolute atomic E-state index is 12.1. The lowest BCUT2D eigenvalue weighted by Gasteiger charge is -2.11. The Morgan fingerprint density at radius 2 is 2.05 bits per heavy atom. The van der Waals surface area contributed by atoms with E-state index in [1.54, 1.807) is 36.4 Å². The topological polar surface area (TPSA) is 80.6 Å². The number of nitrogens with one attached hydrogen (secondary N) is 2. The van der Waals surface area contributed by atoms with Crippen LogP contribution in [-0.2, 0) is 9.53 Å². The molecule has 2 N–H and O–H groups in total. The molecule has 1 unspecified atom stereocenters. The molecule has 1 aliphatic heterocycles. The number of hydrogen-bond donors (Lipinski definition) is 2. The van der Waals surface area contributed by atoms with Gasteiger partial charge in [0.1, 0.15) is 6.10 Å². The predicted molar refractivity (Wildman–Crippen MR) is 80.7 cm³/mol. The zero-order valence-corrected chi connectivity index (χ0v) is 11.9. The van der Waals surface area contributed by atoms with Crippen LogP contribution in [0.4, 0.5) is 11.6 Å². The fraction of sp³-hybridized carbons (Fsp3) is 0.250. The van der Waals surface area contributed by atoms with Crippen molar-refractivity contribution < 1.29 is 18.7 Å². The molecular weight excluding hydrogens is 284 g/mol. The van der Waals surface area contributed by atoms with Gasteiger partial charge in [-0.05, 0) is 37.1 Å². The number of carbonyl (C=O) groups is 2. The van der Waals surface area contributed by atoms with Crippen molar-refractivity contribution in [3.05, 3.63) is 48.2 Å². The van der Waals surface area contributed by atoms with Crippen LogP contribution in [0.1, 0.15) is 23.2 Å². The zero-order valence-electron chi connectivity index (χ0n) is 11.9. The smallest absolute Gasteiger partial charge is 0.258 e. The van der Waals surface area contributed by atoms with Gasteiger partial charge in [0.2, 0.25) is 0 Å². The van der Waals surface area contributed by atoms with Gasteiger partial charge >= 0.3 is 0 Å². The number of ether oxygens (including phenoxy) is 1. The van der Waals surface area contributed by atoms with Crippen LogP contribution < -0.4 is 10.6 Å². The van der Waals surface area contributed by atoms with Gasteiger partial charge < -0.3 is 14.5 Å². The van der Waals surface area contributed by atoms with Crippen molar-refractivity contribution in [2.24, 2.45) is 0 Å². The highest BCUT2D eigenvalue weighted by Crippen LogP contribution is 2.17. The van der Waals surface area contributed by atoms with Crippen molar-refractivity contribution in [1.29, 1.82) is 0 Å². The molecule has 0 bridgehead atoms. The first-order chi connectivity index (χ1) is 10.7. The van der Waals surface area contributed by atoms with E-state index in [1.807, 2.05) is 0 Å². The Morgan fingerprint density at radius 1 is 1.14 bits per heavy atom. The molecule has 6 heteroatoms. The van der Waals surface area contributed by atoms with Crippen LogP contribution in [0.5, 0.6) is 0 Å². The second-order valence-corrected chi connectivity index (χ2v) is 5.00. The second kappa shape index (κ2) is 6.44. The summed E-state index contributed by atoms with van der Waals surface area (Å²) in [5, 5.41) is 5.40. The van der Waals surface area contributed by atoms with E-state index in [2.05, 4.69) is 10.6 Å². The van der Waals surface area contributed by atoms with Crippen LogP contribution in [0.25, 0.3) is 0 Å². The van der Waals surface area contributed by atoms with Gasteiger partial charge in [-0.2, -0.15) is 0 Å². The van der Waals surface area contributed by atoms with Gasteiger partial charge in [-0.1, -0.05) is 6.07 Å². The van der Waals surface area contributed by atoms with Crippen LogP contribution >= 0.6 is 0 Å². The van der Waals surface area contributed by atoms with Crippen LogP contribution in [0.3, 0.4) is 0 Å². The Kier molecular flexibility index (Phi) is 4.20. The van der Waals surface area contributed by atoms with Gasteiger partial charge in [-0.25, -0.2) is 0 Å². The Hall–Kier alpha value is -2.60. The predicted octanol–water partition coefficient (Wildman–Crippen LogP) is 2.65. The summed E-state index contributed by atoms with van der Waals surface area (Å²) in [6, 6.07) is 10.1. The van der Waals surface area contributed by atoms with Gasteiger partial charge in [-0.3, -0.25) is 14.9 Å². The lowest BCUT2D eigenvalue weighted by molar-refractivity contribution is -0.124. The van der Waals surface area contributed by atoms with Gasteiger partial charge in [0.15, 0.2) is 5.88 Å². The minimum atomic E-state index is -0.402. The first-order valence-electron chi connectivity index (χ1n) is 7.10. The molecule has 1 aromatic heterocycles. The minimum absolute atomic E-state index is 0.180. The third kappa shape index (κ3) is 3.35. The molecule has 1 aromatic carbocycles. The number of amides is 2. The maximum Gasteiger partial charge on any atom is 0.258 e. The average Bonchev–Trinajstić information content (AvgIpc) is 3.21. The molecule has 6 nitrogen and oxygen atoms in total. The minimum Gasteiger partial charge on any atom is -0.449 e. The molecule has 1 saturated heterocycles. The summed E-state index contributed by atoms with van der Waals surface area (Å²) in [6.45, 7) is 0.615. The van der Waals surface area contributed by atoms with Crippen molar-refractivity contribution in [1.82, 2.24) is 0 Å².